The molecule has 1 amide bonds. The van der Waals surface area contributed by atoms with Crippen LogP contribution >= 0.6 is 0 Å². The van der Waals surface area contributed by atoms with Gasteiger partial charge in [-0.05, 0) is 18.9 Å². The topological polar surface area (TPSA) is 90.7 Å². The lowest BCUT2D eigenvalue weighted by atomic mass is 10.3. The molecule has 1 N–H and O–H groups in total. The van der Waals surface area contributed by atoms with Crippen LogP contribution in [0.4, 0.5) is 5.69 Å². The smallest absolute Gasteiger partial charge is 0.310 e. The van der Waals surface area contributed by atoms with Gasteiger partial charge in [0.25, 0.3) is 5.91 Å². The lowest BCUT2D eigenvalue weighted by molar-refractivity contribution is -0.385. The number of hydroxylamine groups is 1. The molecule has 7 nitrogen and oxygen atoms in total. The Morgan fingerprint density at radius 2 is 2.05 bits per heavy atom. The lowest BCUT2D eigenvalue weighted by Gasteiger charge is -2.11. The summed E-state index contributed by atoms with van der Waals surface area (Å²) in [6.07, 6.45) is 4.14. The minimum atomic E-state index is -0.553. The Labute approximate surface area is 116 Å². The summed E-state index contributed by atoms with van der Waals surface area (Å²) in [5.74, 6) is -0.399. The highest BCUT2D eigenvalue weighted by molar-refractivity contribution is 5.76. The summed E-state index contributed by atoms with van der Waals surface area (Å²) >= 11 is 0. The number of benzene rings is 1. The number of para-hydroxylation sites is 2. The number of carbonyl (C=O) groups is 1. The van der Waals surface area contributed by atoms with E-state index >= 15 is 0 Å². The number of hydrogen-bond donors (Lipinski definition) is 1. The van der Waals surface area contributed by atoms with Gasteiger partial charge in [-0.25, -0.2) is 5.48 Å². The van der Waals surface area contributed by atoms with Gasteiger partial charge < -0.3 is 4.74 Å². The van der Waals surface area contributed by atoms with Crippen molar-refractivity contribution < 1.29 is 19.3 Å². The molecule has 1 saturated carbocycles. The Kier molecular flexibility index (Phi) is 4.89. The van der Waals surface area contributed by atoms with Crippen LogP contribution < -0.4 is 10.2 Å². The highest BCUT2D eigenvalue weighted by Gasteiger charge is 2.18. The second kappa shape index (κ2) is 6.85. The van der Waals surface area contributed by atoms with E-state index < -0.39 is 10.8 Å². The molecule has 0 atom stereocenters. The van der Waals surface area contributed by atoms with Crippen LogP contribution in [0.3, 0.4) is 0 Å². The van der Waals surface area contributed by atoms with Gasteiger partial charge in [0.15, 0.2) is 12.4 Å². The van der Waals surface area contributed by atoms with Gasteiger partial charge in [0, 0.05) is 6.07 Å². The fraction of sp³-hybridized carbons (Fsp3) is 0.462. The highest BCUT2D eigenvalue weighted by Crippen LogP contribution is 2.25. The van der Waals surface area contributed by atoms with Gasteiger partial charge in [0.1, 0.15) is 0 Å². The molecule has 2 rings (SSSR count). The maximum Gasteiger partial charge on any atom is 0.310 e. The van der Waals surface area contributed by atoms with Crippen molar-refractivity contribution in [3.05, 3.63) is 34.4 Å². The average Bonchev–Trinajstić information content (AvgIpc) is 2.96. The highest BCUT2D eigenvalue weighted by atomic mass is 16.7. The fourth-order valence-electron chi connectivity index (χ4n) is 2.06. The number of nitro benzene ring substituents is 1. The third-order valence-electron chi connectivity index (χ3n) is 3.06. The van der Waals surface area contributed by atoms with E-state index in [-0.39, 0.29) is 24.1 Å². The molecule has 7 heteroatoms. The minimum absolute atomic E-state index is 0.0602. The van der Waals surface area contributed by atoms with Gasteiger partial charge in [0.2, 0.25) is 0 Å². The molecule has 0 spiro atoms. The van der Waals surface area contributed by atoms with E-state index in [1.54, 1.807) is 6.07 Å². The van der Waals surface area contributed by atoms with E-state index in [1.165, 1.54) is 18.2 Å². The van der Waals surface area contributed by atoms with Crippen molar-refractivity contribution in [3.63, 3.8) is 0 Å². The van der Waals surface area contributed by atoms with Gasteiger partial charge in [0.05, 0.1) is 11.0 Å². The molecule has 1 aliphatic rings. The van der Waals surface area contributed by atoms with E-state index in [4.69, 9.17) is 9.57 Å². The number of carbonyl (C=O) groups excluding carboxylic acids is 1. The van der Waals surface area contributed by atoms with E-state index in [9.17, 15) is 14.9 Å². The molecule has 0 saturated heterocycles. The molecular weight excluding hydrogens is 264 g/mol. The third kappa shape index (κ3) is 3.92. The van der Waals surface area contributed by atoms with Crippen molar-refractivity contribution in [1.82, 2.24) is 5.48 Å². The van der Waals surface area contributed by atoms with Gasteiger partial charge >= 0.3 is 5.69 Å². The molecule has 20 heavy (non-hydrogen) atoms. The van der Waals surface area contributed by atoms with Crippen molar-refractivity contribution in [2.24, 2.45) is 0 Å². The van der Waals surface area contributed by atoms with Gasteiger partial charge in [-0.2, -0.15) is 0 Å². The van der Waals surface area contributed by atoms with Crippen LogP contribution in [0.1, 0.15) is 25.7 Å². The van der Waals surface area contributed by atoms with Crippen molar-refractivity contribution in [1.29, 1.82) is 0 Å². The normalized spacial score (nSPS) is 15.0. The van der Waals surface area contributed by atoms with Gasteiger partial charge in [-0.1, -0.05) is 25.0 Å². The Morgan fingerprint density at radius 3 is 2.75 bits per heavy atom. The monoisotopic (exact) mass is 280 g/mol. The molecule has 0 aliphatic heterocycles. The van der Waals surface area contributed by atoms with Crippen LogP contribution in [0.2, 0.25) is 0 Å². The number of nitrogens with one attached hydrogen (secondary N) is 1. The molecule has 0 aromatic heterocycles. The number of hydrogen-bond acceptors (Lipinski definition) is 5. The van der Waals surface area contributed by atoms with Gasteiger partial charge in [-0.15, -0.1) is 0 Å². The van der Waals surface area contributed by atoms with Crippen LogP contribution in [-0.2, 0) is 9.63 Å². The lowest BCUT2D eigenvalue weighted by Crippen LogP contribution is -2.32. The molecule has 0 unspecified atom stereocenters. The van der Waals surface area contributed by atoms with Crippen molar-refractivity contribution in [3.8, 4) is 5.75 Å². The van der Waals surface area contributed by atoms with Crippen LogP contribution in [0.25, 0.3) is 0 Å². The van der Waals surface area contributed by atoms with E-state index in [1.807, 2.05) is 0 Å². The van der Waals surface area contributed by atoms with E-state index in [0.29, 0.717) is 0 Å². The van der Waals surface area contributed by atoms with Crippen molar-refractivity contribution in [2.75, 3.05) is 6.61 Å². The Bertz CT molecular complexity index is 485. The first-order valence-electron chi connectivity index (χ1n) is 6.47. The van der Waals surface area contributed by atoms with Crippen molar-refractivity contribution >= 4 is 11.6 Å². The summed E-state index contributed by atoms with van der Waals surface area (Å²) < 4.78 is 5.14. The van der Waals surface area contributed by atoms with Crippen LogP contribution in [-0.4, -0.2) is 23.5 Å². The summed E-state index contributed by atoms with van der Waals surface area (Å²) in [7, 11) is 0. The summed E-state index contributed by atoms with van der Waals surface area (Å²) in [6.45, 7) is -0.322. The average molecular weight is 280 g/mol. The SMILES string of the molecule is O=C(COc1ccccc1[N+](=O)[O-])NOC1CCCC1. The summed E-state index contributed by atoms with van der Waals surface area (Å²) in [5, 5.41) is 10.8. The zero-order valence-corrected chi connectivity index (χ0v) is 10.9. The van der Waals surface area contributed by atoms with Crippen LogP contribution in [0.5, 0.6) is 5.75 Å². The molecule has 0 radical (unpaired) electrons. The maximum atomic E-state index is 11.5. The summed E-state index contributed by atoms with van der Waals surface area (Å²) in [5.41, 5.74) is 2.14. The van der Waals surface area contributed by atoms with Gasteiger partial charge in [-0.3, -0.25) is 19.7 Å². The summed E-state index contributed by atoms with van der Waals surface area (Å²) in [4.78, 5) is 27.0. The quantitative estimate of drug-likeness (QED) is 0.635. The molecule has 0 heterocycles. The molecule has 1 fully saturated rings. The molecular formula is C13H16N2O5. The predicted molar refractivity (Wildman–Crippen MR) is 70.1 cm³/mol. The number of ether oxygens (including phenoxy) is 1. The first kappa shape index (κ1) is 14.3. The first-order chi connectivity index (χ1) is 9.66. The standard InChI is InChI=1S/C13H16N2O5/c16-13(14-20-10-5-1-2-6-10)9-19-12-8-4-3-7-11(12)15(17)18/h3-4,7-8,10H,1-2,5-6,9H2,(H,14,16). The Morgan fingerprint density at radius 1 is 1.35 bits per heavy atom. The largest absolute Gasteiger partial charge is 0.477 e. The Hall–Kier alpha value is -2.15. The number of amides is 1. The molecule has 108 valence electrons. The first-order valence-corrected chi connectivity index (χ1v) is 6.47. The van der Waals surface area contributed by atoms with Crippen LogP contribution in [0.15, 0.2) is 24.3 Å². The zero-order chi connectivity index (χ0) is 14.4. The number of rotatable bonds is 6. The Balaban J connectivity index is 1.79. The fourth-order valence-corrected chi connectivity index (χ4v) is 2.06. The second-order valence-electron chi connectivity index (χ2n) is 4.56. The second-order valence-corrected chi connectivity index (χ2v) is 4.56. The number of nitrogens with zero attached hydrogens (tertiary/aromatic N) is 1. The maximum absolute atomic E-state index is 11.5. The molecule has 1 aliphatic carbocycles. The van der Waals surface area contributed by atoms with E-state index in [0.717, 1.165) is 25.7 Å². The summed E-state index contributed by atoms with van der Waals surface area (Å²) in [6, 6.07) is 5.91. The minimum Gasteiger partial charge on any atom is -0.477 e. The predicted octanol–water partition coefficient (Wildman–Crippen LogP) is 1.96. The molecule has 1 aromatic rings. The molecule has 0 bridgehead atoms. The van der Waals surface area contributed by atoms with E-state index in [2.05, 4.69) is 5.48 Å². The van der Waals surface area contributed by atoms with Crippen molar-refractivity contribution in [2.45, 2.75) is 31.8 Å². The molecule has 1 aromatic carbocycles. The zero-order valence-electron chi connectivity index (χ0n) is 10.9. The number of nitro groups is 1. The van der Waals surface area contributed by atoms with Crippen LogP contribution in [0, 0.1) is 10.1 Å². The third-order valence-corrected chi connectivity index (χ3v) is 3.06.